The number of rotatable bonds is 7. The maximum Gasteiger partial charge on any atom is 0.511 e. The van der Waals surface area contributed by atoms with Crippen LogP contribution in [0.25, 0.3) is 0 Å². The summed E-state index contributed by atoms with van der Waals surface area (Å²) in [4.78, 5) is 6.90. The maximum atomic E-state index is 12.6. The minimum atomic E-state index is -5.24. The second-order valence-corrected chi connectivity index (χ2v) is 9.16. The number of sulfonamides is 1. The van der Waals surface area contributed by atoms with Crippen LogP contribution >= 0.6 is 0 Å². The minimum absolute atomic E-state index is 0.112. The zero-order chi connectivity index (χ0) is 20.2. The first-order chi connectivity index (χ1) is 12.6. The SMILES string of the molecule is CCNC(=NCC(C)N(C)C1CC1)NC1CCN(S(=O)(=O)C(F)(F)F)CC1. The van der Waals surface area contributed by atoms with Gasteiger partial charge in [0.1, 0.15) is 0 Å². The molecule has 0 spiro atoms. The number of hydrogen-bond donors (Lipinski definition) is 2. The lowest BCUT2D eigenvalue weighted by Crippen LogP contribution is -2.51. The summed E-state index contributed by atoms with van der Waals surface area (Å²) in [5, 5.41) is 6.37. The van der Waals surface area contributed by atoms with E-state index >= 15 is 0 Å². The van der Waals surface area contributed by atoms with E-state index in [1.54, 1.807) is 0 Å². The van der Waals surface area contributed by atoms with Crippen LogP contribution in [-0.4, -0.2) is 80.4 Å². The molecule has 0 aromatic carbocycles. The number of halogens is 3. The van der Waals surface area contributed by atoms with Crippen molar-refractivity contribution >= 4 is 16.0 Å². The van der Waals surface area contributed by atoms with Gasteiger partial charge in [-0.25, -0.2) is 8.42 Å². The molecule has 1 unspecified atom stereocenters. The Morgan fingerprint density at radius 2 is 1.85 bits per heavy atom. The molecule has 0 radical (unpaired) electrons. The minimum Gasteiger partial charge on any atom is -0.357 e. The lowest BCUT2D eigenvalue weighted by molar-refractivity contribution is -0.0494. The van der Waals surface area contributed by atoms with Crippen molar-refractivity contribution in [1.82, 2.24) is 19.8 Å². The van der Waals surface area contributed by atoms with Crippen LogP contribution in [0.3, 0.4) is 0 Å². The van der Waals surface area contributed by atoms with Crippen LogP contribution in [0, 0.1) is 0 Å². The van der Waals surface area contributed by atoms with Gasteiger partial charge >= 0.3 is 15.5 Å². The fourth-order valence-electron chi connectivity index (χ4n) is 3.09. The highest BCUT2D eigenvalue weighted by Crippen LogP contribution is 2.29. The third-order valence-electron chi connectivity index (χ3n) is 5.10. The molecule has 1 saturated heterocycles. The molecule has 0 aromatic rings. The van der Waals surface area contributed by atoms with E-state index in [0.717, 1.165) is 0 Å². The van der Waals surface area contributed by atoms with Crippen LogP contribution in [0.4, 0.5) is 13.2 Å². The van der Waals surface area contributed by atoms with Gasteiger partial charge in [-0.1, -0.05) is 0 Å². The molecule has 2 N–H and O–H groups in total. The summed E-state index contributed by atoms with van der Waals surface area (Å²) in [6, 6.07) is 0.830. The summed E-state index contributed by atoms with van der Waals surface area (Å²) in [6.07, 6.45) is 3.05. The third kappa shape index (κ3) is 5.95. The third-order valence-corrected chi connectivity index (χ3v) is 6.73. The number of likely N-dealkylation sites (N-methyl/N-ethyl adjacent to an activating group) is 1. The monoisotopic (exact) mass is 413 g/mol. The van der Waals surface area contributed by atoms with E-state index in [4.69, 9.17) is 0 Å². The second-order valence-electron chi connectivity index (χ2n) is 7.23. The Morgan fingerprint density at radius 3 is 2.33 bits per heavy atom. The Labute approximate surface area is 159 Å². The molecule has 2 rings (SSSR count). The molecule has 2 aliphatic rings. The van der Waals surface area contributed by atoms with Gasteiger partial charge in [-0.05, 0) is 46.6 Å². The summed E-state index contributed by atoms with van der Waals surface area (Å²) in [6.45, 7) is 5.03. The van der Waals surface area contributed by atoms with Gasteiger partial charge in [-0.2, -0.15) is 17.5 Å². The molecule has 11 heteroatoms. The zero-order valence-electron chi connectivity index (χ0n) is 16.1. The van der Waals surface area contributed by atoms with Crippen molar-refractivity contribution in [2.45, 2.75) is 63.2 Å². The molecule has 2 fully saturated rings. The predicted octanol–water partition coefficient (Wildman–Crippen LogP) is 1.34. The number of piperidine rings is 1. The lowest BCUT2D eigenvalue weighted by atomic mass is 10.1. The van der Waals surface area contributed by atoms with Crippen LogP contribution in [0.5, 0.6) is 0 Å². The molecule has 1 heterocycles. The molecule has 0 amide bonds. The predicted molar refractivity (Wildman–Crippen MR) is 98.9 cm³/mol. The summed E-state index contributed by atoms with van der Waals surface area (Å²) >= 11 is 0. The highest BCUT2D eigenvalue weighted by atomic mass is 32.2. The molecular weight excluding hydrogens is 383 g/mol. The number of hydrogen-bond acceptors (Lipinski definition) is 4. The van der Waals surface area contributed by atoms with E-state index in [1.165, 1.54) is 12.8 Å². The van der Waals surface area contributed by atoms with Gasteiger partial charge in [0.25, 0.3) is 0 Å². The molecule has 1 atom stereocenters. The fourth-order valence-corrected chi connectivity index (χ4v) is 4.08. The summed E-state index contributed by atoms with van der Waals surface area (Å²) in [5.74, 6) is 0.616. The number of nitrogens with one attached hydrogen (secondary N) is 2. The highest BCUT2D eigenvalue weighted by molar-refractivity contribution is 7.90. The van der Waals surface area contributed by atoms with E-state index in [-0.39, 0.29) is 19.1 Å². The first kappa shape index (κ1) is 22.2. The molecule has 1 aliphatic heterocycles. The summed E-state index contributed by atoms with van der Waals surface area (Å²) in [5.41, 5.74) is -5.24. The molecule has 1 saturated carbocycles. The van der Waals surface area contributed by atoms with Crippen LogP contribution in [0.2, 0.25) is 0 Å². The Hall–Kier alpha value is -1.07. The van der Waals surface area contributed by atoms with Gasteiger partial charge in [0.2, 0.25) is 0 Å². The van der Waals surface area contributed by atoms with Crippen molar-refractivity contribution in [3.05, 3.63) is 0 Å². The van der Waals surface area contributed by atoms with Crippen LogP contribution in [0.15, 0.2) is 4.99 Å². The summed E-state index contributed by atoms with van der Waals surface area (Å²) in [7, 11) is -3.15. The van der Waals surface area contributed by atoms with Crippen LogP contribution < -0.4 is 10.6 Å². The molecule has 7 nitrogen and oxygen atoms in total. The lowest BCUT2D eigenvalue weighted by Gasteiger charge is -2.32. The standard InChI is InChI=1S/C16H30F3N5O2S/c1-4-20-15(21-11-12(2)23(3)14-5-6-14)22-13-7-9-24(10-8-13)27(25,26)16(17,18)19/h12-14H,4-11H2,1-3H3,(H2,20,21,22). The van der Waals surface area contributed by atoms with Gasteiger partial charge in [0.15, 0.2) is 5.96 Å². The van der Waals surface area contributed by atoms with E-state index in [0.29, 0.717) is 48.3 Å². The zero-order valence-corrected chi connectivity index (χ0v) is 16.9. The van der Waals surface area contributed by atoms with Crippen molar-refractivity contribution in [3.8, 4) is 0 Å². The fraction of sp³-hybridized carbons (Fsp3) is 0.938. The smallest absolute Gasteiger partial charge is 0.357 e. The van der Waals surface area contributed by atoms with Gasteiger partial charge in [0, 0.05) is 37.8 Å². The average molecular weight is 414 g/mol. The number of nitrogens with zero attached hydrogens (tertiary/aromatic N) is 3. The summed E-state index contributed by atoms with van der Waals surface area (Å²) < 4.78 is 61.4. The average Bonchev–Trinajstić information content (AvgIpc) is 3.43. The van der Waals surface area contributed by atoms with E-state index < -0.39 is 15.5 Å². The molecule has 27 heavy (non-hydrogen) atoms. The number of guanidine groups is 1. The molecule has 0 bridgehead atoms. The Bertz CT molecular complexity index is 614. The van der Waals surface area contributed by atoms with Crippen molar-refractivity contribution in [2.24, 2.45) is 4.99 Å². The highest BCUT2D eigenvalue weighted by Gasteiger charge is 2.50. The maximum absolute atomic E-state index is 12.6. The van der Waals surface area contributed by atoms with Gasteiger partial charge < -0.3 is 10.6 Å². The van der Waals surface area contributed by atoms with Crippen molar-refractivity contribution in [3.63, 3.8) is 0 Å². The van der Waals surface area contributed by atoms with E-state index in [1.807, 2.05) is 6.92 Å². The van der Waals surface area contributed by atoms with Crippen molar-refractivity contribution < 1.29 is 21.6 Å². The molecule has 158 valence electrons. The van der Waals surface area contributed by atoms with Crippen molar-refractivity contribution in [1.29, 1.82) is 0 Å². The van der Waals surface area contributed by atoms with E-state index in [2.05, 4.69) is 34.5 Å². The molecule has 0 aromatic heterocycles. The van der Waals surface area contributed by atoms with Crippen LogP contribution in [-0.2, 0) is 10.0 Å². The first-order valence-corrected chi connectivity index (χ1v) is 10.8. The topological polar surface area (TPSA) is 77.0 Å². The normalized spacial score (nSPS) is 22.1. The first-order valence-electron chi connectivity index (χ1n) is 9.39. The Kier molecular flexibility index (Phi) is 7.37. The van der Waals surface area contributed by atoms with Gasteiger partial charge in [-0.3, -0.25) is 9.89 Å². The second kappa shape index (κ2) is 8.95. The Balaban J connectivity index is 1.87. The Morgan fingerprint density at radius 1 is 1.26 bits per heavy atom. The number of aliphatic imine (C=N–C) groups is 1. The van der Waals surface area contributed by atoms with E-state index in [9.17, 15) is 21.6 Å². The van der Waals surface area contributed by atoms with Gasteiger partial charge in [0.05, 0.1) is 6.54 Å². The molecule has 1 aliphatic carbocycles. The van der Waals surface area contributed by atoms with Crippen molar-refractivity contribution in [2.75, 3.05) is 33.2 Å². The van der Waals surface area contributed by atoms with Crippen LogP contribution in [0.1, 0.15) is 39.5 Å². The largest absolute Gasteiger partial charge is 0.511 e. The molecular formula is C16H30F3N5O2S. The number of alkyl halides is 3. The van der Waals surface area contributed by atoms with Gasteiger partial charge in [-0.15, -0.1) is 0 Å². The quantitative estimate of drug-likeness (QED) is 0.487.